The lowest BCUT2D eigenvalue weighted by Gasteiger charge is -2.06. The van der Waals surface area contributed by atoms with Crippen molar-refractivity contribution < 1.29 is 14.8 Å². The van der Waals surface area contributed by atoms with E-state index in [1.807, 2.05) is 36.4 Å². The molecule has 5 heteroatoms. The molecule has 2 aromatic rings. The molecule has 0 spiro atoms. The lowest BCUT2D eigenvalue weighted by Crippen LogP contribution is -2.29. The second kappa shape index (κ2) is 6.87. The molecule has 0 aliphatic carbocycles. The van der Waals surface area contributed by atoms with E-state index in [0.29, 0.717) is 18.7 Å². The molecule has 0 bridgehead atoms. The van der Waals surface area contributed by atoms with Gasteiger partial charge in [0.1, 0.15) is 0 Å². The number of hydrogen-bond acceptors (Lipinski definition) is 3. The van der Waals surface area contributed by atoms with E-state index in [9.17, 15) is 0 Å². The molecular weight excluding hydrogens is 307 g/mol. The van der Waals surface area contributed by atoms with E-state index < -0.39 is 7.12 Å². The van der Waals surface area contributed by atoms with Gasteiger partial charge in [0.05, 0.1) is 13.2 Å². The fourth-order valence-corrected chi connectivity index (χ4v) is 2.15. The smallest absolute Gasteiger partial charge is 0.423 e. The van der Waals surface area contributed by atoms with Crippen LogP contribution in [0.4, 0.5) is 0 Å². The Bertz CT molecular complexity index is 528. The Labute approximate surface area is 121 Å². The van der Waals surface area contributed by atoms with E-state index in [0.717, 1.165) is 15.6 Å². The fourth-order valence-electron chi connectivity index (χ4n) is 1.70. The third-order valence-electron chi connectivity index (χ3n) is 2.70. The highest BCUT2D eigenvalue weighted by Gasteiger charge is 2.09. The maximum Gasteiger partial charge on any atom is 0.488 e. The van der Waals surface area contributed by atoms with Gasteiger partial charge in [-0.1, -0.05) is 52.3 Å². The van der Waals surface area contributed by atoms with E-state index >= 15 is 0 Å². The zero-order valence-corrected chi connectivity index (χ0v) is 11.9. The van der Waals surface area contributed by atoms with Crippen molar-refractivity contribution in [1.29, 1.82) is 0 Å². The second-order valence-electron chi connectivity index (χ2n) is 4.24. The Hall–Kier alpha value is -1.14. The highest BCUT2D eigenvalue weighted by molar-refractivity contribution is 9.10. The van der Waals surface area contributed by atoms with Gasteiger partial charge in [-0.15, -0.1) is 0 Å². The SMILES string of the molecule is OB(O)c1ccc(COCc2cccc(Br)c2)cc1. The molecule has 0 amide bonds. The van der Waals surface area contributed by atoms with Crippen LogP contribution in [0, 0.1) is 0 Å². The van der Waals surface area contributed by atoms with Crippen LogP contribution in [0.25, 0.3) is 0 Å². The van der Waals surface area contributed by atoms with Crippen molar-refractivity contribution in [2.45, 2.75) is 13.2 Å². The topological polar surface area (TPSA) is 49.7 Å². The van der Waals surface area contributed by atoms with Gasteiger partial charge in [0.25, 0.3) is 0 Å². The molecule has 98 valence electrons. The molecule has 0 saturated heterocycles. The number of rotatable bonds is 5. The van der Waals surface area contributed by atoms with Crippen molar-refractivity contribution in [3.8, 4) is 0 Å². The van der Waals surface area contributed by atoms with Gasteiger partial charge in [0, 0.05) is 4.47 Å². The average molecular weight is 321 g/mol. The lowest BCUT2D eigenvalue weighted by molar-refractivity contribution is 0.107. The summed E-state index contributed by atoms with van der Waals surface area (Å²) in [6.07, 6.45) is 0. The summed E-state index contributed by atoms with van der Waals surface area (Å²) < 4.78 is 6.65. The average Bonchev–Trinajstić information content (AvgIpc) is 2.39. The summed E-state index contributed by atoms with van der Waals surface area (Å²) in [5.74, 6) is 0. The van der Waals surface area contributed by atoms with Crippen molar-refractivity contribution in [2.24, 2.45) is 0 Å². The van der Waals surface area contributed by atoms with Crippen LogP contribution in [0.5, 0.6) is 0 Å². The van der Waals surface area contributed by atoms with Crippen molar-refractivity contribution in [2.75, 3.05) is 0 Å². The van der Waals surface area contributed by atoms with E-state index in [2.05, 4.69) is 15.9 Å². The van der Waals surface area contributed by atoms with Crippen LogP contribution in [0.2, 0.25) is 0 Å². The molecule has 3 nitrogen and oxygen atoms in total. The summed E-state index contributed by atoms with van der Waals surface area (Å²) in [6.45, 7) is 1.04. The lowest BCUT2D eigenvalue weighted by atomic mass is 9.80. The van der Waals surface area contributed by atoms with Crippen LogP contribution in [-0.4, -0.2) is 17.2 Å². The Morgan fingerprint density at radius 3 is 2.26 bits per heavy atom. The molecule has 0 aliphatic rings. The quantitative estimate of drug-likeness (QED) is 0.827. The third kappa shape index (κ3) is 4.47. The Kier molecular flexibility index (Phi) is 5.16. The zero-order valence-electron chi connectivity index (χ0n) is 10.3. The van der Waals surface area contributed by atoms with Crippen LogP contribution in [0.15, 0.2) is 53.0 Å². The summed E-state index contributed by atoms with van der Waals surface area (Å²) in [6, 6.07) is 15.0. The Balaban J connectivity index is 1.85. The molecule has 2 N–H and O–H groups in total. The Morgan fingerprint density at radius 1 is 0.947 bits per heavy atom. The standard InChI is InChI=1S/C14H14BBrO3/c16-14-3-1-2-12(8-14)10-19-9-11-4-6-13(7-5-11)15(17)18/h1-8,17-18H,9-10H2. The van der Waals surface area contributed by atoms with Crippen LogP contribution in [0.1, 0.15) is 11.1 Å². The minimum atomic E-state index is -1.42. The first-order valence-electron chi connectivity index (χ1n) is 5.92. The predicted octanol–water partition coefficient (Wildman–Crippen LogP) is 1.85. The normalized spacial score (nSPS) is 10.5. The molecular formula is C14H14BBrO3. The molecule has 2 rings (SSSR count). The van der Waals surface area contributed by atoms with Crippen molar-refractivity contribution in [3.05, 3.63) is 64.1 Å². The first kappa shape index (κ1) is 14.3. The van der Waals surface area contributed by atoms with Crippen LogP contribution in [0.3, 0.4) is 0 Å². The summed E-state index contributed by atoms with van der Waals surface area (Å²) in [5.41, 5.74) is 2.59. The highest BCUT2D eigenvalue weighted by atomic mass is 79.9. The van der Waals surface area contributed by atoms with E-state index in [-0.39, 0.29) is 0 Å². The summed E-state index contributed by atoms with van der Waals surface area (Å²) >= 11 is 3.42. The van der Waals surface area contributed by atoms with Crippen molar-refractivity contribution in [3.63, 3.8) is 0 Å². The molecule has 0 atom stereocenters. The zero-order chi connectivity index (χ0) is 13.7. The fraction of sp³-hybridized carbons (Fsp3) is 0.143. The van der Waals surface area contributed by atoms with Gasteiger partial charge in [0.15, 0.2) is 0 Å². The first-order valence-corrected chi connectivity index (χ1v) is 6.71. The minimum Gasteiger partial charge on any atom is -0.423 e. The van der Waals surface area contributed by atoms with E-state index in [1.165, 1.54) is 0 Å². The van der Waals surface area contributed by atoms with E-state index in [1.54, 1.807) is 12.1 Å². The van der Waals surface area contributed by atoms with Gasteiger partial charge in [0.2, 0.25) is 0 Å². The molecule has 0 aromatic heterocycles. The maximum atomic E-state index is 8.99. The van der Waals surface area contributed by atoms with Gasteiger partial charge in [-0.2, -0.15) is 0 Å². The molecule has 0 heterocycles. The molecule has 0 aliphatic heterocycles. The van der Waals surface area contributed by atoms with Gasteiger partial charge < -0.3 is 14.8 Å². The molecule has 2 aromatic carbocycles. The van der Waals surface area contributed by atoms with Crippen LogP contribution in [-0.2, 0) is 18.0 Å². The van der Waals surface area contributed by atoms with Gasteiger partial charge in [-0.05, 0) is 28.7 Å². The number of benzene rings is 2. The number of halogens is 1. The largest absolute Gasteiger partial charge is 0.488 e. The molecule has 0 saturated carbocycles. The molecule has 0 unspecified atom stereocenters. The number of hydrogen-bond donors (Lipinski definition) is 2. The first-order chi connectivity index (χ1) is 9.15. The monoisotopic (exact) mass is 320 g/mol. The van der Waals surface area contributed by atoms with Crippen LogP contribution < -0.4 is 5.46 Å². The third-order valence-corrected chi connectivity index (χ3v) is 3.20. The summed E-state index contributed by atoms with van der Waals surface area (Å²) in [5, 5.41) is 18.0. The molecule has 19 heavy (non-hydrogen) atoms. The predicted molar refractivity (Wildman–Crippen MR) is 78.9 cm³/mol. The molecule has 0 radical (unpaired) electrons. The second-order valence-corrected chi connectivity index (χ2v) is 5.15. The van der Waals surface area contributed by atoms with Crippen LogP contribution >= 0.6 is 15.9 Å². The minimum absolute atomic E-state index is 0.482. The summed E-state index contributed by atoms with van der Waals surface area (Å²) in [7, 11) is -1.42. The van der Waals surface area contributed by atoms with Gasteiger partial charge in [-0.25, -0.2) is 0 Å². The Morgan fingerprint density at radius 2 is 1.63 bits per heavy atom. The highest BCUT2D eigenvalue weighted by Crippen LogP contribution is 2.13. The van der Waals surface area contributed by atoms with Gasteiger partial charge in [-0.3, -0.25) is 0 Å². The summed E-state index contributed by atoms with van der Waals surface area (Å²) in [4.78, 5) is 0. The maximum absolute atomic E-state index is 8.99. The molecule has 0 fully saturated rings. The van der Waals surface area contributed by atoms with Gasteiger partial charge >= 0.3 is 7.12 Å². The van der Waals surface area contributed by atoms with Crippen molar-refractivity contribution >= 4 is 28.5 Å². The van der Waals surface area contributed by atoms with Crippen molar-refractivity contribution in [1.82, 2.24) is 0 Å². The van der Waals surface area contributed by atoms with E-state index in [4.69, 9.17) is 14.8 Å². The number of ether oxygens (including phenoxy) is 1.